The molecule has 0 saturated heterocycles. The number of hydrogen-bond acceptors (Lipinski definition) is 6. The van der Waals surface area contributed by atoms with Gasteiger partial charge in [0.25, 0.3) is 5.91 Å². The van der Waals surface area contributed by atoms with Crippen molar-refractivity contribution < 1.29 is 22.7 Å². The zero-order valence-corrected chi connectivity index (χ0v) is 20.5. The van der Waals surface area contributed by atoms with Crippen molar-refractivity contribution in [2.45, 2.75) is 18.3 Å². The molecule has 0 aliphatic rings. The third-order valence-electron chi connectivity index (χ3n) is 5.06. The summed E-state index contributed by atoms with van der Waals surface area (Å²) in [5.74, 6) is 0.726. The van der Waals surface area contributed by atoms with Gasteiger partial charge in [-0.25, -0.2) is 5.43 Å². The van der Waals surface area contributed by atoms with Crippen LogP contribution in [0.15, 0.2) is 89.1 Å². The number of aromatic nitrogens is 3. The van der Waals surface area contributed by atoms with E-state index in [1.807, 2.05) is 66.1 Å². The van der Waals surface area contributed by atoms with E-state index in [1.165, 1.54) is 18.2 Å². The van der Waals surface area contributed by atoms with Crippen molar-refractivity contribution in [2.24, 2.45) is 5.10 Å². The van der Waals surface area contributed by atoms with E-state index in [-0.39, 0.29) is 11.3 Å². The second kappa shape index (κ2) is 11.7. The van der Waals surface area contributed by atoms with Crippen LogP contribution in [-0.2, 0) is 11.0 Å². The number of benzene rings is 3. The second-order valence-corrected chi connectivity index (χ2v) is 8.54. The highest BCUT2D eigenvalue weighted by molar-refractivity contribution is 7.99. The van der Waals surface area contributed by atoms with Gasteiger partial charge in [0.15, 0.2) is 11.0 Å². The lowest BCUT2D eigenvalue weighted by atomic mass is 10.1. The van der Waals surface area contributed by atoms with Crippen LogP contribution in [0.5, 0.6) is 5.75 Å². The Morgan fingerprint density at radius 3 is 2.43 bits per heavy atom. The number of carbonyl (C=O) groups is 1. The number of hydrogen-bond donors (Lipinski definition) is 1. The summed E-state index contributed by atoms with van der Waals surface area (Å²) in [6.07, 6.45) is -3.55. The summed E-state index contributed by atoms with van der Waals surface area (Å²) < 4.78 is 46.7. The average Bonchev–Trinajstić information content (AvgIpc) is 3.32. The lowest BCUT2D eigenvalue weighted by Crippen LogP contribution is -2.20. The molecule has 0 aliphatic heterocycles. The van der Waals surface area contributed by atoms with Crippen LogP contribution in [-0.4, -0.2) is 39.2 Å². The summed E-state index contributed by atoms with van der Waals surface area (Å²) in [6.45, 7) is 2.45. The van der Waals surface area contributed by atoms with E-state index in [2.05, 4.69) is 20.7 Å². The minimum absolute atomic E-state index is 0.0811. The molecule has 1 N–H and O–H groups in total. The first-order chi connectivity index (χ1) is 17.9. The summed E-state index contributed by atoms with van der Waals surface area (Å²) in [5, 5.41) is 12.8. The maximum absolute atomic E-state index is 13.1. The van der Waals surface area contributed by atoms with Crippen LogP contribution >= 0.6 is 11.8 Å². The predicted octanol–water partition coefficient (Wildman–Crippen LogP) is 5.59. The van der Waals surface area contributed by atoms with Crippen molar-refractivity contribution in [3.05, 3.63) is 90.0 Å². The second-order valence-electron chi connectivity index (χ2n) is 7.60. The van der Waals surface area contributed by atoms with Gasteiger partial charge < -0.3 is 4.74 Å². The molecule has 0 saturated carbocycles. The van der Waals surface area contributed by atoms with E-state index in [4.69, 9.17) is 4.74 Å². The fraction of sp³-hybridized carbons (Fsp3) is 0.154. The van der Waals surface area contributed by atoms with E-state index in [0.29, 0.717) is 17.6 Å². The van der Waals surface area contributed by atoms with Gasteiger partial charge in [-0.2, -0.15) is 18.3 Å². The monoisotopic (exact) mass is 525 g/mol. The molecule has 7 nitrogen and oxygen atoms in total. The van der Waals surface area contributed by atoms with Crippen LogP contribution in [0.25, 0.3) is 17.1 Å². The van der Waals surface area contributed by atoms with Gasteiger partial charge in [0, 0.05) is 16.8 Å². The highest BCUT2D eigenvalue weighted by atomic mass is 32.2. The van der Waals surface area contributed by atoms with Crippen LogP contribution in [0.4, 0.5) is 13.2 Å². The third kappa shape index (κ3) is 6.56. The van der Waals surface area contributed by atoms with Crippen LogP contribution in [0, 0.1) is 0 Å². The zero-order chi connectivity index (χ0) is 26.3. The number of thioether (sulfide) groups is 1. The van der Waals surface area contributed by atoms with E-state index in [0.717, 1.165) is 41.0 Å². The molecule has 4 aromatic rings. The molecule has 0 atom stereocenters. The standard InChI is InChI=1S/C26H22F3N5O2S/c1-2-36-21-14-12-20(13-15-21)34-24(18-8-4-3-5-9-18)32-33-25(34)37-17-23(35)31-30-16-19-10-6-7-11-22(19)26(27,28)29/h3-16H,2,17H2,1H3,(H,31,35). The molecule has 190 valence electrons. The van der Waals surface area contributed by atoms with Crippen molar-refractivity contribution in [1.29, 1.82) is 0 Å². The number of amides is 1. The van der Waals surface area contributed by atoms with Crippen molar-refractivity contribution in [1.82, 2.24) is 20.2 Å². The highest BCUT2D eigenvalue weighted by Crippen LogP contribution is 2.31. The molecule has 1 heterocycles. The quantitative estimate of drug-likeness (QED) is 0.175. The fourth-order valence-corrected chi connectivity index (χ4v) is 4.18. The first-order valence-corrected chi connectivity index (χ1v) is 12.2. The highest BCUT2D eigenvalue weighted by Gasteiger charge is 2.32. The predicted molar refractivity (Wildman–Crippen MR) is 136 cm³/mol. The summed E-state index contributed by atoms with van der Waals surface area (Å²) in [5.41, 5.74) is 2.90. The van der Waals surface area contributed by atoms with Crippen LogP contribution < -0.4 is 10.2 Å². The Labute approximate surface area is 215 Å². The average molecular weight is 526 g/mol. The SMILES string of the molecule is CCOc1ccc(-n2c(SCC(=O)NN=Cc3ccccc3C(F)(F)F)nnc2-c2ccccc2)cc1. The molecule has 4 rings (SSSR count). The molecular weight excluding hydrogens is 503 g/mol. The lowest BCUT2D eigenvalue weighted by molar-refractivity contribution is -0.137. The number of nitrogens with one attached hydrogen (secondary N) is 1. The summed E-state index contributed by atoms with van der Waals surface area (Å²) in [4.78, 5) is 12.4. The Kier molecular flexibility index (Phi) is 8.24. The Hall–Kier alpha value is -4.12. The first kappa shape index (κ1) is 26.0. The van der Waals surface area contributed by atoms with Crippen LogP contribution in [0.2, 0.25) is 0 Å². The van der Waals surface area contributed by atoms with Crippen molar-refractivity contribution >= 4 is 23.9 Å². The van der Waals surface area contributed by atoms with E-state index >= 15 is 0 Å². The topological polar surface area (TPSA) is 81.4 Å². The molecule has 11 heteroatoms. The van der Waals surface area contributed by atoms with Crippen LogP contribution in [0.1, 0.15) is 18.1 Å². The van der Waals surface area contributed by atoms with Crippen molar-refractivity contribution in [3.63, 3.8) is 0 Å². The number of ether oxygens (including phenoxy) is 1. The minimum atomic E-state index is -4.52. The molecule has 0 spiro atoms. The number of rotatable bonds is 9. The number of nitrogens with zero attached hydrogens (tertiary/aromatic N) is 4. The van der Waals surface area contributed by atoms with Crippen LogP contribution in [0.3, 0.4) is 0 Å². The van der Waals surface area contributed by atoms with Gasteiger partial charge in [0.05, 0.1) is 24.1 Å². The summed E-state index contributed by atoms with van der Waals surface area (Å²) in [7, 11) is 0. The molecule has 0 bridgehead atoms. The molecule has 0 unspecified atom stereocenters. The third-order valence-corrected chi connectivity index (χ3v) is 5.99. The maximum Gasteiger partial charge on any atom is 0.417 e. The minimum Gasteiger partial charge on any atom is -0.494 e. The normalized spacial score (nSPS) is 11.6. The Morgan fingerprint density at radius 1 is 1.03 bits per heavy atom. The number of hydrazone groups is 1. The van der Waals surface area contributed by atoms with Gasteiger partial charge in [-0.3, -0.25) is 9.36 Å². The fourth-order valence-electron chi connectivity index (χ4n) is 3.43. The van der Waals surface area contributed by atoms with E-state index < -0.39 is 17.6 Å². The number of halogens is 3. The Bertz CT molecular complexity index is 1370. The summed E-state index contributed by atoms with van der Waals surface area (Å²) >= 11 is 1.13. The van der Waals surface area contributed by atoms with Crippen molar-refractivity contribution in [2.75, 3.05) is 12.4 Å². The molecule has 0 aliphatic carbocycles. The van der Waals surface area contributed by atoms with Gasteiger partial charge in [-0.05, 0) is 37.3 Å². The molecule has 3 aromatic carbocycles. The lowest BCUT2D eigenvalue weighted by Gasteiger charge is -2.11. The molecule has 1 aromatic heterocycles. The molecule has 1 amide bonds. The Balaban J connectivity index is 1.50. The molecule has 0 fully saturated rings. The van der Waals surface area contributed by atoms with Gasteiger partial charge in [-0.1, -0.05) is 60.3 Å². The first-order valence-electron chi connectivity index (χ1n) is 11.2. The largest absolute Gasteiger partial charge is 0.494 e. The Morgan fingerprint density at radius 2 is 1.73 bits per heavy atom. The van der Waals surface area contributed by atoms with E-state index in [1.54, 1.807) is 0 Å². The maximum atomic E-state index is 13.1. The molecule has 37 heavy (non-hydrogen) atoms. The smallest absolute Gasteiger partial charge is 0.417 e. The van der Waals surface area contributed by atoms with Gasteiger partial charge in [0.2, 0.25) is 0 Å². The van der Waals surface area contributed by atoms with E-state index in [9.17, 15) is 18.0 Å². The summed E-state index contributed by atoms with van der Waals surface area (Å²) in [6, 6.07) is 21.9. The number of carbonyl (C=O) groups excluding carboxylic acids is 1. The zero-order valence-electron chi connectivity index (χ0n) is 19.6. The van der Waals surface area contributed by atoms with Gasteiger partial charge >= 0.3 is 6.18 Å². The van der Waals surface area contributed by atoms with Gasteiger partial charge in [-0.15, -0.1) is 10.2 Å². The van der Waals surface area contributed by atoms with Gasteiger partial charge in [0.1, 0.15) is 5.75 Å². The van der Waals surface area contributed by atoms with Crippen molar-refractivity contribution in [3.8, 4) is 22.8 Å². The molecular formula is C26H22F3N5O2S. The molecule has 0 radical (unpaired) electrons. The number of alkyl halides is 3.